The first-order valence-electron chi connectivity index (χ1n) is 9.45. The van der Waals surface area contributed by atoms with E-state index in [0.29, 0.717) is 35.5 Å². The summed E-state index contributed by atoms with van der Waals surface area (Å²) in [7, 11) is 0. The number of aromatic carboxylic acids is 1. The summed E-state index contributed by atoms with van der Waals surface area (Å²) in [4.78, 5) is 28.8. The fraction of sp³-hybridized carbons (Fsp3) is 0.174. The van der Waals surface area contributed by atoms with Crippen molar-refractivity contribution < 1.29 is 24.9 Å². The molecule has 0 saturated heterocycles. The second kappa shape index (κ2) is 7.18. The molecule has 4 N–H and O–H groups in total. The normalized spacial score (nSPS) is 14.2. The van der Waals surface area contributed by atoms with Crippen LogP contribution in [0.25, 0.3) is 11.3 Å². The van der Waals surface area contributed by atoms with Gasteiger partial charge in [-0.3, -0.25) is 4.79 Å². The average Bonchev–Trinajstić information content (AvgIpc) is 3.53. The van der Waals surface area contributed by atoms with Crippen molar-refractivity contribution in [3.05, 3.63) is 71.3 Å². The van der Waals surface area contributed by atoms with E-state index in [9.17, 15) is 24.9 Å². The van der Waals surface area contributed by atoms with Gasteiger partial charge in [-0.1, -0.05) is 24.3 Å². The van der Waals surface area contributed by atoms with Crippen LogP contribution in [-0.2, 0) is 10.2 Å². The van der Waals surface area contributed by atoms with Gasteiger partial charge in [-0.15, -0.1) is 0 Å². The van der Waals surface area contributed by atoms with Crippen LogP contribution in [0, 0.1) is 6.92 Å². The minimum atomic E-state index is -1.02. The van der Waals surface area contributed by atoms with Gasteiger partial charge in [0.1, 0.15) is 5.82 Å². The van der Waals surface area contributed by atoms with E-state index in [1.165, 1.54) is 18.2 Å². The van der Waals surface area contributed by atoms with Crippen LogP contribution in [0.2, 0.25) is 0 Å². The molecule has 30 heavy (non-hydrogen) atoms. The van der Waals surface area contributed by atoms with Crippen molar-refractivity contribution in [2.75, 3.05) is 5.32 Å². The Morgan fingerprint density at radius 1 is 1.00 bits per heavy atom. The zero-order valence-electron chi connectivity index (χ0n) is 16.2. The number of carbonyl (C=O) groups excluding carboxylic acids is 1. The van der Waals surface area contributed by atoms with Crippen molar-refractivity contribution in [3.8, 4) is 22.8 Å². The van der Waals surface area contributed by atoms with E-state index in [0.717, 1.165) is 5.56 Å². The molecular formula is C23H20N2O5. The van der Waals surface area contributed by atoms with Crippen LogP contribution in [0.4, 0.5) is 5.82 Å². The maximum absolute atomic E-state index is 13.0. The highest BCUT2D eigenvalue weighted by Crippen LogP contribution is 2.50. The number of anilines is 1. The highest BCUT2D eigenvalue weighted by molar-refractivity contribution is 6.01. The molecule has 0 radical (unpaired) electrons. The molecule has 1 aromatic heterocycles. The third-order valence-electron chi connectivity index (χ3n) is 5.43. The summed E-state index contributed by atoms with van der Waals surface area (Å²) in [6.07, 6.45) is 1.25. The van der Waals surface area contributed by atoms with E-state index in [1.54, 1.807) is 30.3 Å². The topological polar surface area (TPSA) is 120 Å². The van der Waals surface area contributed by atoms with Crippen LogP contribution in [0.1, 0.15) is 34.3 Å². The molecule has 0 unspecified atom stereocenters. The number of aryl methyl sites for hydroxylation is 1. The Morgan fingerprint density at radius 2 is 1.77 bits per heavy atom. The molecule has 1 aliphatic rings. The molecule has 0 atom stereocenters. The molecule has 0 aliphatic heterocycles. The number of aromatic nitrogens is 1. The van der Waals surface area contributed by atoms with Gasteiger partial charge in [0.15, 0.2) is 11.5 Å². The SMILES string of the molecule is Cc1ccc(NC(=O)C2(c3ccc(O)c(O)c3)CC2)nc1-c1cccc(C(=O)O)c1. The lowest BCUT2D eigenvalue weighted by Crippen LogP contribution is -2.28. The van der Waals surface area contributed by atoms with Gasteiger partial charge in [0, 0.05) is 5.56 Å². The largest absolute Gasteiger partial charge is 0.504 e. The molecule has 4 rings (SSSR count). The summed E-state index contributed by atoms with van der Waals surface area (Å²) in [6, 6.07) is 14.4. The number of phenols is 2. The first kappa shape index (κ1) is 19.4. The van der Waals surface area contributed by atoms with Crippen LogP contribution >= 0.6 is 0 Å². The predicted molar refractivity (Wildman–Crippen MR) is 111 cm³/mol. The second-order valence-corrected chi connectivity index (χ2v) is 7.49. The van der Waals surface area contributed by atoms with E-state index >= 15 is 0 Å². The van der Waals surface area contributed by atoms with E-state index in [1.807, 2.05) is 13.0 Å². The molecule has 1 aliphatic carbocycles. The summed E-state index contributed by atoms with van der Waals surface area (Å²) in [5, 5.41) is 31.4. The summed E-state index contributed by atoms with van der Waals surface area (Å²) in [5.74, 6) is -1.40. The Hall–Kier alpha value is -3.87. The standard InChI is InChI=1S/C23H20N2O5/c1-13-5-8-19(24-20(13)14-3-2-4-15(11-14)21(28)29)25-22(30)23(9-10-23)16-6-7-17(26)18(27)12-16/h2-8,11-12,26-27H,9-10H2,1H3,(H,28,29)(H,24,25,30). The third-order valence-corrected chi connectivity index (χ3v) is 5.43. The van der Waals surface area contributed by atoms with Crippen molar-refractivity contribution in [2.24, 2.45) is 0 Å². The maximum atomic E-state index is 13.0. The van der Waals surface area contributed by atoms with Gasteiger partial charge in [0.2, 0.25) is 5.91 Å². The molecule has 1 amide bonds. The lowest BCUT2D eigenvalue weighted by Gasteiger charge is -2.17. The Kier molecular flexibility index (Phi) is 4.66. The van der Waals surface area contributed by atoms with E-state index in [2.05, 4.69) is 10.3 Å². The highest BCUT2D eigenvalue weighted by Gasteiger charge is 2.51. The highest BCUT2D eigenvalue weighted by atomic mass is 16.4. The number of carboxylic acid groups (broad SMARTS) is 1. The first-order valence-corrected chi connectivity index (χ1v) is 9.45. The summed E-state index contributed by atoms with van der Waals surface area (Å²) in [6.45, 7) is 1.86. The molecule has 7 nitrogen and oxygen atoms in total. The van der Waals surface area contributed by atoms with Crippen LogP contribution in [-0.4, -0.2) is 32.2 Å². The molecule has 0 bridgehead atoms. The van der Waals surface area contributed by atoms with Crippen LogP contribution in [0.5, 0.6) is 11.5 Å². The Labute approximate surface area is 172 Å². The van der Waals surface area contributed by atoms with Crippen molar-refractivity contribution in [2.45, 2.75) is 25.2 Å². The Bertz CT molecular complexity index is 1170. The zero-order valence-corrected chi connectivity index (χ0v) is 16.2. The van der Waals surface area contributed by atoms with Crippen LogP contribution in [0.3, 0.4) is 0 Å². The number of hydrogen-bond donors (Lipinski definition) is 4. The lowest BCUT2D eigenvalue weighted by atomic mass is 9.94. The molecule has 3 aromatic rings. The van der Waals surface area contributed by atoms with Crippen molar-refractivity contribution in [1.82, 2.24) is 4.98 Å². The first-order chi connectivity index (χ1) is 14.3. The number of pyridine rings is 1. The second-order valence-electron chi connectivity index (χ2n) is 7.49. The van der Waals surface area contributed by atoms with Crippen LogP contribution in [0.15, 0.2) is 54.6 Å². The summed E-state index contributed by atoms with van der Waals surface area (Å²) >= 11 is 0. The number of amides is 1. The average molecular weight is 404 g/mol. The fourth-order valence-electron chi connectivity index (χ4n) is 3.52. The number of carbonyl (C=O) groups is 2. The van der Waals surface area contributed by atoms with E-state index < -0.39 is 11.4 Å². The lowest BCUT2D eigenvalue weighted by molar-refractivity contribution is -0.118. The molecule has 0 spiro atoms. The minimum Gasteiger partial charge on any atom is -0.504 e. The van der Waals surface area contributed by atoms with E-state index in [-0.39, 0.29) is 23.0 Å². The van der Waals surface area contributed by atoms with Gasteiger partial charge in [0.25, 0.3) is 0 Å². The molecule has 1 saturated carbocycles. The minimum absolute atomic E-state index is 0.159. The molecule has 152 valence electrons. The Balaban J connectivity index is 1.62. The quantitative estimate of drug-likeness (QED) is 0.480. The number of nitrogens with one attached hydrogen (secondary N) is 1. The van der Waals surface area contributed by atoms with E-state index in [4.69, 9.17) is 0 Å². The Morgan fingerprint density at radius 3 is 2.43 bits per heavy atom. The molecule has 2 aromatic carbocycles. The van der Waals surface area contributed by atoms with Gasteiger partial charge < -0.3 is 20.6 Å². The number of benzene rings is 2. The van der Waals surface area contributed by atoms with Gasteiger partial charge in [-0.2, -0.15) is 0 Å². The third kappa shape index (κ3) is 3.45. The van der Waals surface area contributed by atoms with Gasteiger partial charge in [-0.05, 0) is 61.2 Å². The summed E-state index contributed by atoms with van der Waals surface area (Å²) in [5.41, 5.74) is 2.11. The van der Waals surface area contributed by atoms with Crippen molar-refractivity contribution in [1.29, 1.82) is 0 Å². The monoisotopic (exact) mass is 404 g/mol. The number of hydrogen-bond acceptors (Lipinski definition) is 5. The number of phenolic OH excluding ortho intramolecular Hbond substituents is 2. The van der Waals surface area contributed by atoms with Gasteiger partial charge in [0.05, 0.1) is 16.7 Å². The maximum Gasteiger partial charge on any atom is 0.335 e. The predicted octanol–water partition coefficient (Wildman–Crippen LogP) is 3.84. The molecule has 1 heterocycles. The fourth-order valence-corrected chi connectivity index (χ4v) is 3.52. The van der Waals surface area contributed by atoms with Crippen LogP contribution < -0.4 is 5.32 Å². The number of rotatable bonds is 5. The number of carboxylic acids is 1. The van der Waals surface area contributed by atoms with Crippen molar-refractivity contribution >= 4 is 17.7 Å². The smallest absolute Gasteiger partial charge is 0.335 e. The zero-order chi connectivity index (χ0) is 21.5. The van der Waals surface area contributed by atoms with Crippen molar-refractivity contribution in [3.63, 3.8) is 0 Å². The van der Waals surface area contributed by atoms with Gasteiger partial charge >= 0.3 is 5.97 Å². The summed E-state index contributed by atoms with van der Waals surface area (Å²) < 4.78 is 0. The molecular weight excluding hydrogens is 384 g/mol. The molecule has 7 heteroatoms. The van der Waals surface area contributed by atoms with Gasteiger partial charge in [-0.25, -0.2) is 9.78 Å². The molecule has 1 fully saturated rings. The number of aromatic hydroxyl groups is 2. The number of nitrogens with zero attached hydrogens (tertiary/aromatic N) is 1.